The summed E-state index contributed by atoms with van der Waals surface area (Å²) in [7, 11) is 0. The number of nitrogens with zero attached hydrogens (tertiary/aromatic N) is 3. The summed E-state index contributed by atoms with van der Waals surface area (Å²) in [5.74, 6) is -0.328. The monoisotopic (exact) mass is 420 g/mol. The van der Waals surface area contributed by atoms with Crippen molar-refractivity contribution in [1.82, 2.24) is 9.97 Å². The van der Waals surface area contributed by atoms with Crippen LogP contribution in [0.3, 0.4) is 0 Å². The number of rotatable bonds is 5. The molecule has 2 heterocycles. The number of para-hydroxylation sites is 1. The Morgan fingerprint density at radius 1 is 1.30 bits per heavy atom. The van der Waals surface area contributed by atoms with Gasteiger partial charge in [-0.25, -0.2) is 14.8 Å². The highest BCUT2D eigenvalue weighted by atomic mass is 32.2. The molecule has 10 heteroatoms. The number of thiol groups is 1. The number of esters is 1. The summed E-state index contributed by atoms with van der Waals surface area (Å²) in [4.78, 5) is 26.8. The predicted octanol–water partition coefficient (Wildman–Crippen LogP) is 3.89. The zero-order valence-corrected chi connectivity index (χ0v) is 16.7. The van der Waals surface area contributed by atoms with Crippen LogP contribution >= 0.6 is 35.3 Å². The van der Waals surface area contributed by atoms with Crippen LogP contribution in [0.4, 0.5) is 5.13 Å². The molecule has 1 fully saturated rings. The molecule has 1 aliphatic carbocycles. The van der Waals surface area contributed by atoms with Gasteiger partial charge in [-0.2, -0.15) is 0 Å². The van der Waals surface area contributed by atoms with Gasteiger partial charge in [-0.3, -0.25) is 0 Å². The lowest BCUT2D eigenvalue weighted by molar-refractivity contribution is -0.127. The van der Waals surface area contributed by atoms with Crippen LogP contribution in [0.1, 0.15) is 31.4 Å². The summed E-state index contributed by atoms with van der Waals surface area (Å²) in [6.07, 6.45) is 4.06. The fourth-order valence-corrected chi connectivity index (χ4v) is 4.51. The molecular weight excluding hydrogens is 404 g/mol. The lowest BCUT2D eigenvalue weighted by atomic mass is 10.3. The van der Waals surface area contributed by atoms with Gasteiger partial charge in [0.15, 0.2) is 10.9 Å². The summed E-state index contributed by atoms with van der Waals surface area (Å²) in [6.45, 7) is 0. The quantitative estimate of drug-likeness (QED) is 0.214. The van der Waals surface area contributed by atoms with Crippen LogP contribution in [0.15, 0.2) is 33.1 Å². The van der Waals surface area contributed by atoms with Crippen LogP contribution < -0.4 is 10.5 Å². The number of nitrogen functional groups attached to an aromatic ring is 1. The molecule has 0 saturated heterocycles. The third kappa shape index (κ3) is 4.07. The lowest BCUT2D eigenvalue weighted by Gasteiger charge is -2.09. The number of fused-ring (bicyclic) bond motifs is 1. The maximum Gasteiger partial charge on any atom is 0.368 e. The van der Waals surface area contributed by atoms with Gasteiger partial charge in [-0.15, -0.1) is 35.3 Å². The first-order valence-corrected chi connectivity index (χ1v) is 10.5. The Bertz CT molecular complexity index is 1010. The van der Waals surface area contributed by atoms with Gasteiger partial charge in [0.25, 0.3) is 0 Å². The zero-order chi connectivity index (χ0) is 18.8. The van der Waals surface area contributed by atoms with Crippen LogP contribution in [0.5, 0.6) is 5.75 Å². The van der Waals surface area contributed by atoms with E-state index < -0.39 is 5.97 Å². The van der Waals surface area contributed by atoms with Crippen molar-refractivity contribution in [2.24, 2.45) is 5.16 Å². The highest BCUT2D eigenvalue weighted by molar-refractivity contribution is 7.82. The molecule has 2 N–H and O–H groups in total. The molecule has 1 aromatic carbocycles. The second-order valence-electron chi connectivity index (χ2n) is 6.01. The van der Waals surface area contributed by atoms with Gasteiger partial charge in [0, 0.05) is 5.38 Å². The first kappa shape index (κ1) is 18.2. The van der Waals surface area contributed by atoms with E-state index in [1.807, 2.05) is 6.07 Å². The first-order valence-electron chi connectivity index (χ1n) is 8.36. The van der Waals surface area contributed by atoms with Crippen molar-refractivity contribution in [3.63, 3.8) is 0 Å². The Balaban J connectivity index is 1.62. The van der Waals surface area contributed by atoms with Crippen molar-refractivity contribution in [2.75, 3.05) is 5.73 Å². The summed E-state index contributed by atoms with van der Waals surface area (Å²) in [5.41, 5.74) is 6.61. The molecule has 27 heavy (non-hydrogen) atoms. The van der Waals surface area contributed by atoms with Gasteiger partial charge < -0.3 is 15.3 Å². The van der Waals surface area contributed by atoms with Crippen molar-refractivity contribution < 1.29 is 14.4 Å². The summed E-state index contributed by atoms with van der Waals surface area (Å²) in [5, 5.41) is 6.06. The van der Waals surface area contributed by atoms with E-state index in [-0.39, 0.29) is 11.8 Å². The molecule has 140 valence electrons. The average Bonchev–Trinajstić information content (AvgIpc) is 3.36. The van der Waals surface area contributed by atoms with Gasteiger partial charge in [0.2, 0.25) is 5.71 Å². The molecule has 4 rings (SSSR count). The second kappa shape index (κ2) is 7.83. The average molecular weight is 421 g/mol. The number of ether oxygens (including phenoxy) is 1. The normalized spacial score (nSPS) is 15.4. The van der Waals surface area contributed by atoms with Crippen LogP contribution in [-0.4, -0.2) is 27.8 Å². The number of carbonyl (C=O) groups is 1. The summed E-state index contributed by atoms with van der Waals surface area (Å²) < 4.78 is 7.04. The highest BCUT2D eigenvalue weighted by Gasteiger charge is 2.24. The van der Waals surface area contributed by atoms with Crippen LogP contribution in [0, 0.1) is 0 Å². The fourth-order valence-electron chi connectivity index (χ4n) is 2.85. The van der Waals surface area contributed by atoms with E-state index in [1.165, 1.54) is 22.7 Å². The Labute approximate surface area is 168 Å². The van der Waals surface area contributed by atoms with E-state index in [0.29, 0.717) is 26.4 Å². The van der Waals surface area contributed by atoms with Crippen LogP contribution in [0.2, 0.25) is 0 Å². The van der Waals surface area contributed by atoms with E-state index in [0.717, 1.165) is 30.4 Å². The van der Waals surface area contributed by atoms with Crippen LogP contribution in [0.25, 0.3) is 10.2 Å². The standard InChI is InChI=1S/C17H16N4O3S3/c18-16-19-10(8-26-16)13(21-24-9-4-1-2-5-9)15(22)23-11-6-3-7-12-14(11)20-17(25)27-12/h3,6-9H,1-2,4-5H2,(H2,18,19)(H,20,25). The number of hydrogen-bond acceptors (Lipinski definition) is 10. The zero-order valence-electron chi connectivity index (χ0n) is 14.1. The number of carbonyl (C=O) groups excluding carboxylic acids is 1. The predicted molar refractivity (Wildman–Crippen MR) is 109 cm³/mol. The minimum absolute atomic E-state index is 0.00632. The maximum atomic E-state index is 12.8. The lowest BCUT2D eigenvalue weighted by Crippen LogP contribution is -2.23. The number of hydrogen-bond donors (Lipinski definition) is 2. The Hall–Kier alpha value is -2.17. The van der Waals surface area contributed by atoms with Crippen molar-refractivity contribution in [1.29, 1.82) is 0 Å². The van der Waals surface area contributed by atoms with Crippen molar-refractivity contribution in [2.45, 2.75) is 36.1 Å². The van der Waals surface area contributed by atoms with E-state index in [9.17, 15) is 4.79 Å². The van der Waals surface area contributed by atoms with E-state index in [4.69, 9.17) is 15.3 Å². The van der Waals surface area contributed by atoms with Gasteiger partial charge in [0.05, 0.1) is 4.70 Å². The van der Waals surface area contributed by atoms with E-state index in [2.05, 4.69) is 27.8 Å². The molecule has 0 aliphatic heterocycles. The Morgan fingerprint density at radius 2 is 2.11 bits per heavy atom. The molecule has 3 aromatic rings. The number of nitrogens with two attached hydrogens (primary N) is 1. The van der Waals surface area contributed by atoms with Gasteiger partial charge in [-0.05, 0) is 37.8 Å². The largest absolute Gasteiger partial charge is 0.419 e. The molecule has 0 atom stereocenters. The molecule has 2 aromatic heterocycles. The number of aromatic nitrogens is 2. The van der Waals surface area contributed by atoms with Gasteiger partial charge in [-0.1, -0.05) is 11.2 Å². The van der Waals surface area contributed by atoms with E-state index >= 15 is 0 Å². The molecule has 7 nitrogen and oxygen atoms in total. The second-order valence-corrected chi connectivity index (χ2v) is 8.66. The molecule has 0 unspecified atom stereocenters. The van der Waals surface area contributed by atoms with E-state index in [1.54, 1.807) is 17.5 Å². The summed E-state index contributed by atoms with van der Waals surface area (Å²) in [6, 6.07) is 5.37. The first-order chi connectivity index (χ1) is 13.1. The van der Waals surface area contributed by atoms with Gasteiger partial charge >= 0.3 is 5.97 Å². The minimum Gasteiger partial charge on any atom is -0.419 e. The highest BCUT2D eigenvalue weighted by Crippen LogP contribution is 2.31. The van der Waals surface area contributed by atoms with Gasteiger partial charge in [0.1, 0.15) is 21.7 Å². The molecule has 0 bridgehead atoms. The number of thiazole rings is 2. The molecule has 0 radical (unpaired) electrons. The van der Waals surface area contributed by atoms with Crippen molar-refractivity contribution in [3.05, 3.63) is 29.3 Å². The molecule has 1 saturated carbocycles. The molecular formula is C17H16N4O3S3. The smallest absolute Gasteiger partial charge is 0.368 e. The molecule has 0 spiro atoms. The topological polar surface area (TPSA) is 99.7 Å². The number of benzene rings is 1. The SMILES string of the molecule is Nc1nc(C(=NOC2CCCC2)C(=O)Oc2cccc3sc(S)nc23)cs1. The van der Waals surface area contributed by atoms with Crippen molar-refractivity contribution in [3.8, 4) is 5.75 Å². The van der Waals surface area contributed by atoms with Crippen LogP contribution in [-0.2, 0) is 9.63 Å². The Kier molecular flexibility index (Phi) is 5.28. The third-order valence-electron chi connectivity index (χ3n) is 4.13. The third-order valence-corrected chi connectivity index (χ3v) is 6.00. The van der Waals surface area contributed by atoms with Crippen molar-refractivity contribution >= 4 is 62.3 Å². The molecule has 1 aliphatic rings. The minimum atomic E-state index is -0.667. The molecule has 0 amide bonds. The fraction of sp³-hybridized carbons (Fsp3) is 0.294. The summed E-state index contributed by atoms with van der Waals surface area (Å²) >= 11 is 6.90. The Morgan fingerprint density at radius 3 is 2.85 bits per heavy atom. The maximum absolute atomic E-state index is 12.8. The number of anilines is 1. The number of oxime groups is 1.